The predicted octanol–water partition coefficient (Wildman–Crippen LogP) is 2.47. The van der Waals surface area contributed by atoms with Gasteiger partial charge in [-0.3, -0.25) is 0 Å². The van der Waals surface area contributed by atoms with Crippen molar-refractivity contribution < 1.29 is 19.4 Å². The van der Waals surface area contributed by atoms with Gasteiger partial charge in [-0.1, -0.05) is 0 Å². The van der Waals surface area contributed by atoms with Crippen LogP contribution < -0.4 is 9.47 Å². The van der Waals surface area contributed by atoms with Crippen molar-refractivity contribution in [3.05, 3.63) is 35.7 Å². The second-order valence-corrected chi connectivity index (χ2v) is 4.98. The van der Waals surface area contributed by atoms with Gasteiger partial charge in [0.1, 0.15) is 17.2 Å². The number of hydrogen-bond acceptors (Lipinski definition) is 4. The van der Waals surface area contributed by atoms with Crippen LogP contribution in [0.25, 0.3) is 5.69 Å². The van der Waals surface area contributed by atoms with E-state index < -0.39 is 5.97 Å². The molecule has 3 rings (SSSR count). The van der Waals surface area contributed by atoms with Crippen molar-refractivity contribution in [1.82, 2.24) is 9.78 Å². The summed E-state index contributed by atoms with van der Waals surface area (Å²) >= 11 is 0. The maximum absolute atomic E-state index is 11.2. The molecule has 1 heterocycles. The molecule has 1 aromatic carbocycles. The van der Waals surface area contributed by atoms with E-state index >= 15 is 0 Å². The molecule has 0 amide bonds. The van der Waals surface area contributed by atoms with Crippen LogP contribution in [0.5, 0.6) is 11.5 Å². The van der Waals surface area contributed by atoms with Crippen LogP contribution in [-0.2, 0) is 0 Å². The molecule has 6 nitrogen and oxygen atoms in total. The van der Waals surface area contributed by atoms with E-state index in [4.69, 9.17) is 14.6 Å². The molecule has 1 aliphatic rings. The highest BCUT2D eigenvalue weighted by Gasteiger charge is 2.30. The van der Waals surface area contributed by atoms with E-state index in [0.29, 0.717) is 23.1 Å². The molecule has 0 aliphatic heterocycles. The number of carboxylic acids is 1. The average Bonchev–Trinajstić information content (AvgIpc) is 3.24. The lowest BCUT2D eigenvalue weighted by Gasteiger charge is -2.12. The number of carboxylic acid groups (broad SMARTS) is 1. The van der Waals surface area contributed by atoms with Crippen molar-refractivity contribution in [2.45, 2.75) is 18.8 Å². The second-order valence-electron chi connectivity index (χ2n) is 4.98. The van der Waals surface area contributed by atoms with Gasteiger partial charge in [0.05, 0.1) is 14.2 Å². The summed E-state index contributed by atoms with van der Waals surface area (Å²) in [6, 6.07) is 7.01. The summed E-state index contributed by atoms with van der Waals surface area (Å²) in [6.07, 6.45) is 2.11. The van der Waals surface area contributed by atoms with Gasteiger partial charge >= 0.3 is 5.97 Å². The number of ether oxygens (including phenoxy) is 2. The van der Waals surface area contributed by atoms with E-state index in [1.807, 2.05) is 0 Å². The zero-order valence-corrected chi connectivity index (χ0v) is 11.9. The summed E-state index contributed by atoms with van der Waals surface area (Å²) in [7, 11) is 3.16. The third-order valence-electron chi connectivity index (χ3n) is 3.57. The zero-order valence-electron chi connectivity index (χ0n) is 11.9. The minimum Gasteiger partial charge on any atom is -0.497 e. The van der Waals surface area contributed by atoms with E-state index in [0.717, 1.165) is 18.5 Å². The number of rotatable bonds is 5. The monoisotopic (exact) mass is 288 g/mol. The van der Waals surface area contributed by atoms with Gasteiger partial charge in [-0.25, -0.2) is 9.48 Å². The molecule has 2 aromatic rings. The Hall–Kier alpha value is -2.50. The van der Waals surface area contributed by atoms with Crippen LogP contribution in [0.3, 0.4) is 0 Å². The number of methoxy groups -OCH3 is 2. The van der Waals surface area contributed by atoms with E-state index in [1.165, 1.54) is 0 Å². The van der Waals surface area contributed by atoms with Gasteiger partial charge in [-0.05, 0) is 31.0 Å². The molecule has 1 fully saturated rings. The summed E-state index contributed by atoms with van der Waals surface area (Å²) in [6.45, 7) is 0. The Bertz CT molecular complexity index is 689. The Morgan fingerprint density at radius 3 is 2.62 bits per heavy atom. The number of benzene rings is 1. The normalized spacial score (nSPS) is 14.0. The molecule has 0 saturated heterocycles. The van der Waals surface area contributed by atoms with Crippen molar-refractivity contribution in [3.8, 4) is 17.2 Å². The maximum atomic E-state index is 11.2. The Kier molecular flexibility index (Phi) is 3.29. The fourth-order valence-corrected chi connectivity index (χ4v) is 2.33. The minimum absolute atomic E-state index is 0.0433. The van der Waals surface area contributed by atoms with Gasteiger partial charge in [0, 0.05) is 17.7 Å². The predicted molar refractivity (Wildman–Crippen MR) is 75.6 cm³/mol. The summed E-state index contributed by atoms with van der Waals surface area (Å²) in [5, 5.41) is 13.4. The van der Waals surface area contributed by atoms with E-state index in [-0.39, 0.29) is 5.69 Å². The van der Waals surface area contributed by atoms with E-state index in [9.17, 15) is 4.79 Å². The van der Waals surface area contributed by atoms with Gasteiger partial charge in [0.15, 0.2) is 5.69 Å². The largest absolute Gasteiger partial charge is 0.497 e. The smallest absolute Gasteiger partial charge is 0.356 e. The Balaban J connectivity index is 2.16. The van der Waals surface area contributed by atoms with E-state index in [2.05, 4.69) is 5.10 Å². The molecule has 1 N–H and O–H groups in total. The van der Waals surface area contributed by atoms with Crippen molar-refractivity contribution in [1.29, 1.82) is 0 Å². The highest BCUT2D eigenvalue weighted by atomic mass is 16.5. The standard InChI is InChI=1S/C15H16N2O4/c1-20-10-5-6-14(21-2)13(7-10)17-12(9-3-4-9)8-11(16-17)15(18)19/h5-9H,3-4H2,1-2H3,(H,18,19). The molecule has 0 atom stereocenters. The topological polar surface area (TPSA) is 73.6 Å². The molecule has 0 radical (unpaired) electrons. The first-order chi connectivity index (χ1) is 10.1. The molecule has 0 bridgehead atoms. The summed E-state index contributed by atoms with van der Waals surface area (Å²) in [5.74, 6) is 0.622. The molecule has 1 aromatic heterocycles. The molecule has 21 heavy (non-hydrogen) atoms. The maximum Gasteiger partial charge on any atom is 0.356 e. The SMILES string of the molecule is COc1ccc(OC)c(-n2nc(C(=O)O)cc2C2CC2)c1. The third kappa shape index (κ3) is 2.44. The minimum atomic E-state index is -1.03. The Morgan fingerprint density at radius 1 is 1.29 bits per heavy atom. The van der Waals surface area contributed by atoms with Gasteiger partial charge in [-0.2, -0.15) is 5.10 Å². The van der Waals surface area contributed by atoms with Crippen LogP contribution in [0.2, 0.25) is 0 Å². The van der Waals surface area contributed by atoms with Gasteiger partial charge in [0.2, 0.25) is 0 Å². The van der Waals surface area contributed by atoms with Crippen molar-refractivity contribution >= 4 is 5.97 Å². The zero-order chi connectivity index (χ0) is 15.0. The van der Waals surface area contributed by atoms with Crippen LogP contribution in [0, 0.1) is 0 Å². The second kappa shape index (κ2) is 5.12. The molecule has 6 heteroatoms. The summed E-state index contributed by atoms with van der Waals surface area (Å²) < 4.78 is 12.2. The molecule has 0 spiro atoms. The molecule has 1 saturated carbocycles. The van der Waals surface area contributed by atoms with Crippen LogP contribution in [0.4, 0.5) is 0 Å². The lowest BCUT2D eigenvalue weighted by atomic mass is 10.2. The molecular formula is C15H16N2O4. The lowest BCUT2D eigenvalue weighted by Crippen LogP contribution is -2.05. The Labute approximate surface area is 121 Å². The number of nitrogens with zero attached hydrogens (tertiary/aromatic N) is 2. The highest BCUT2D eigenvalue weighted by Crippen LogP contribution is 2.42. The highest BCUT2D eigenvalue weighted by molar-refractivity contribution is 5.85. The molecule has 1 aliphatic carbocycles. The fraction of sp³-hybridized carbons (Fsp3) is 0.333. The van der Waals surface area contributed by atoms with Gasteiger partial charge in [-0.15, -0.1) is 0 Å². The summed E-state index contributed by atoms with van der Waals surface area (Å²) in [5.41, 5.74) is 1.63. The van der Waals surface area contributed by atoms with Crippen LogP contribution in [-0.4, -0.2) is 35.1 Å². The van der Waals surface area contributed by atoms with Crippen LogP contribution >= 0.6 is 0 Å². The fourth-order valence-electron chi connectivity index (χ4n) is 2.33. The number of aromatic carboxylic acids is 1. The van der Waals surface area contributed by atoms with Gasteiger partial charge in [0.25, 0.3) is 0 Å². The number of hydrogen-bond donors (Lipinski definition) is 1. The summed E-state index contributed by atoms with van der Waals surface area (Å²) in [4.78, 5) is 11.2. The van der Waals surface area contributed by atoms with Crippen LogP contribution in [0.1, 0.15) is 34.9 Å². The van der Waals surface area contributed by atoms with Crippen LogP contribution in [0.15, 0.2) is 24.3 Å². The quantitative estimate of drug-likeness (QED) is 0.915. The molecule has 110 valence electrons. The third-order valence-corrected chi connectivity index (χ3v) is 3.57. The molecular weight excluding hydrogens is 272 g/mol. The first kappa shape index (κ1) is 13.5. The number of aromatic nitrogens is 2. The Morgan fingerprint density at radius 2 is 2.05 bits per heavy atom. The first-order valence-corrected chi connectivity index (χ1v) is 6.69. The van der Waals surface area contributed by atoms with Crippen molar-refractivity contribution in [3.63, 3.8) is 0 Å². The number of carbonyl (C=O) groups is 1. The lowest BCUT2D eigenvalue weighted by molar-refractivity contribution is 0.0690. The van der Waals surface area contributed by atoms with Gasteiger partial charge < -0.3 is 14.6 Å². The molecule has 0 unspecified atom stereocenters. The van der Waals surface area contributed by atoms with Crippen molar-refractivity contribution in [2.24, 2.45) is 0 Å². The van der Waals surface area contributed by atoms with E-state index in [1.54, 1.807) is 43.2 Å². The average molecular weight is 288 g/mol. The van der Waals surface area contributed by atoms with Crippen molar-refractivity contribution in [2.75, 3.05) is 14.2 Å². The first-order valence-electron chi connectivity index (χ1n) is 6.69.